The summed E-state index contributed by atoms with van der Waals surface area (Å²) in [6.07, 6.45) is -0.254. The van der Waals surface area contributed by atoms with Gasteiger partial charge >= 0.3 is 5.97 Å². The van der Waals surface area contributed by atoms with Crippen molar-refractivity contribution < 1.29 is 33.0 Å². The third kappa shape index (κ3) is 5.79. The van der Waals surface area contributed by atoms with Gasteiger partial charge in [-0.3, -0.25) is 14.4 Å². The van der Waals surface area contributed by atoms with Gasteiger partial charge < -0.3 is 14.2 Å². The largest absolute Gasteiger partial charge is 0.492 e. The van der Waals surface area contributed by atoms with Gasteiger partial charge in [0.2, 0.25) is 0 Å². The molecule has 0 aliphatic carbocycles. The molecule has 0 spiro atoms. The molecular weight excluding hydrogens is 489 g/mol. The summed E-state index contributed by atoms with van der Waals surface area (Å²) in [6.45, 7) is 14.0. The fourth-order valence-corrected chi connectivity index (χ4v) is 4.11. The normalized spacial score (nSPS) is 11.7. The van der Waals surface area contributed by atoms with Crippen LogP contribution in [0.4, 0.5) is 10.1 Å². The van der Waals surface area contributed by atoms with Crippen molar-refractivity contribution in [3.05, 3.63) is 65.0 Å². The molecule has 0 N–H and O–H groups in total. The number of halogens is 1. The highest BCUT2D eigenvalue weighted by atomic mass is 19.1. The van der Waals surface area contributed by atoms with Crippen LogP contribution >= 0.6 is 0 Å². The van der Waals surface area contributed by atoms with Gasteiger partial charge in [0, 0.05) is 10.8 Å². The standard InChI is InChI=1S/C26H24FNO6.2C2H6/c1-4-32-20(29)13-15-11-12-16(14-19(15)27)28-25(30)21-22(26(28)31)24(34-6-3)18-10-8-7-9-17(18)23(21)33-5-2;2*1-2/h7-12,14H,4-6,13H2,1-3H3;2*1-2H3. The molecule has 8 heteroatoms. The van der Waals surface area contributed by atoms with Gasteiger partial charge in [-0.1, -0.05) is 58.0 Å². The second kappa shape index (κ2) is 14.1. The van der Waals surface area contributed by atoms with Gasteiger partial charge in [-0.25, -0.2) is 9.29 Å². The first-order chi connectivity index (χ1) is 18.4. The molecule has 0 fully saturated rings. The third-order valence-electron chi connectivity index (χ3n) is 5.47. The number of ether oxygens (including phenoxy) is 3. The van der Waals surface area contributed by atoms with E-state index in [9.17, 15) is 18.8 Å². The van der Waals surface area contributed by atoms with Crippen molar-refractivity contribution in [2.45, 2.75) is 54.9 Å². The molecule has 0 saturated carbocycles. The highest BCUT2D eigenvalue weighted by Gasteiger charge is 2.43. The summed E-state index contributed by atoms with van der Waals surface area (Å²) in [7, 11) is 0. The number of nitrogens with zero attached hydrogens (tertiary/aromatic N) is 1. The maximum absolute atomic E-state index is 14.8. The predicted molar refractivity (Wildman–Crippen MR) is 147 cm³/mol. The first kappa shape index (κ1) is 30.3. The second-order valence-electron chi connectivity index (χ2n) is 7.52. The molecule has 0 radical (unpaired) electrons. The van der Waals surface area contributed by atoms with E-state index in [2.05, 4.69) is 0 Å². The summed E-state index contributed by atoms with van der Waals surface area (Å²) >= 11 is 0. The number of hydrogen-bond donors (Lipinski definition) is 0. The molecule has 38 heavy (non-hydrogen) atoms. The molecule has 0 bridgehead atoms. The lowest BCUT2D eigenvalue weighted by Crippen LogP contribution is -2.29. The van der Waals surface area contributed by atoms with Crippen LogP contribution in [0.3, 0.4) is 0 Å². The van der Waals surface area contributed by atoms with E-state index in [1.54, 1.807) is 32.9 Å². The summed E-state index contributed by atoms with van der Waals surface area (Å²) in [5.41, 5.74) is 0.329. The predicted octanol–water partition coefficient (Wildman–Crippen LogP) is 6.73. The molecule has 204 valence electrons. The third-order valence-corrected chi connectivity index (χ3v) is 5.47. The average molecular weight is 526 g/mol. The minimum atomic E-state index is -0.720. The van der Waals surface area contributed by atoms with Crippen molar-refractivity contribution in [1.29, 1.82) is 0 Å². The number of benzene rings is 3. The summed E-state index contributed by atoms with van der Waals surface area (Å²) in [5.74, 6) is -1.97. The van der Waals surface area contributed by atoms with Crippen molar-refractivity contribution >= 4 is 34.2 Å². The highest BCUT2D eigenvalue weighted by molar-refractivity contribution is 6.38. The molecule has 3 aromatic rings. The van der Waals surface area contributed by atoms with Crippen LogP contribution in [0.1, 0.15) is 74.7 Å². The Morgan fingerprint density at radius 2 is 1.29 bits per heavy atom. The summed E-state index contributed by atoms with van der Waals surface area (Å²) in [6, 6.07) is 11.1. The molecule has 0 atom stereocenters. The number of rotatable bonds is 8. The summed E-state index contributed by atoms with van der Waals surface area (Å²) < 4.78 is 31.3. The molecule has 7 nitrogen and oxygen atoms in total. The lowest BCUT2D eigenvalue weighted by atomic mass is 9.99. The Hall–Kier alpha value is -3.94. The number of esters is 1. The molecule has 3 aromatic carbocycles. The Morgan fingerprint density at radius 1 is 0.789 bits per heavy atom. The molecule has 2 amide bonds. The highest BCUT2D eigenvalue weighted by Crippen LogP contribution is 2.46. The van der Waals surface area contributed by atoms with E-state index < -0.39 is 23.6 Å². The van der Waals surface area contributed by atoms with E-state index in [1.807, 2.05) is 39.8 Å². The van der Waals surface area contributed by atoms with E-state index >= 15 is 0 Å². The Balaban J connectivity index is 0.00000121. The second-order valence-corrected chi connectivity index (χ2v) is 7.52. The van der Waals surface area contributed by atoms with E-state index in [0.29, 0.717) is 10.8 Å². The monoisotopic (exact) mass is 525 g/mol. The summed E-state index contributed by atoms with van der Waals surface area (Å²) in [5, 5.41) is 1.29. The van der Waals surface area contributed by atoms with Gasteiger partial charge in [-0.15, -0.1) is 0 Å². The number of amides is 2. The number of carbonyl (C=O) groups is 3. The minimum absolute atomic E-state index is 0.0465. The van der Waals surface area contributed by atoms with Gasteiger partial charge in [-0.2, -0.15) is 0 Å². The van der Waals surface area contributed by atoms with Crippen molar-refractivity contribution in [2.75, 3.05) is 24.7 Å². The van der Waals surface area contributed by atoms with Gasteiger partial charge in [0.05, 0.1) is 43.1 Å². The van der Waals surface area contributed by atoms with Gasteiger partial charge in [0.15, 0.2) is 0 Å². The van der Waals surface area contributed by atoms with Crippen molar-refractivity contribution in [3.63, 3.8) is 0 Å². The van der Waals surface area contributed by atoms with Crippen LogP contribution in [0.2, 0.25) is 0 Å². The van der Waals surface area contributed by atoms with E-state index in [4.69, 9.17) is 14.2 Å². The van der Waals surface area contributed by atoms with Crippen LogP contribution < -0.4 is 14.4 Å². The molecular formula is C30H36FNO6. The minimum Gasteiger partial charge on any atom is -0.492 e. The van der Waals surface area contributed by atoms with Crippen molar-refractivity contribution in [1.82, 2.24) is 0 Å². The Labute approximate surface area is 223 Å². The number of imide groups is 1. The molecule has 4 rings (SSSR count). The van der Waals surface area contributed by atoms with Gasteiger partial charge in [0.1, 0.15) is 17.3 Å². The molecule has 1 aliphatic rings. The van der Waals surface area contributed by atoms with E-state index in [-0.39, 0.29) is 60.1 Å². The van der Waals surface area contributed by atoms with E-state index in [1.165, 1.54) is 12.1 Å². The number of carbonyl (C=O) groups excluding carboxylic acids is 3. The molecule has 0 aromatic heterocycles. The quantitative estimate of drug-likeness (QED) is 0.239. The maximum Gasteiger partial charge on any atom is 0.310 e. The number of fused-ring (bicyclic) bond motifs is 2. The van der Waals surface area contributed by atoms with Crippen molar-refractivity contribution in [3.8, 4) is 11.5 Å². The van der Waals surface area contributed by atoms with Crippen molar-refractivity contribution in [2.24, 2.45) is 0 Å². The zero-order valence-electron chi connectivity index (χ0n) is 23.1. The first-order valence-electron chi connectivity index (χ1n) is 13.1. The van der Waals surface area contributed by atoms with Crippen LogP contribution in [-0.4, -0.2) is 37.6 Å². The van der Waals surface area contributed by atoms with Crippen LogP contribution in [-0.2, 0) is 16.0 Å². The Morgan fingerprint density at radius 3 is 1.71 bits per heavy atom. The van der Waals surface area contributed by atoms with Crippen LogP contribution in [0.15, 0.2) is 42.5 Å². The molecule has 0 saturated heterocycles. The van der Waals surface area contributed by atoms with Gasteiger partial charge in [-0.05, 0) is 38.5 Å². The lowest BCUT2D eigenvalue weighted by molar-refractivity contribution is -0.142. The first-order valence-corrected chi connectivity index (χ1v) is 13.1. The molecule has 1 aliphatic heterocycles. The number of anilines is 1. The fraction of sp³-hybridized carbons (Fsp3) is 0.367. The Bertz CT molecular complexity index is 1240. The lowest BCUT2D eigenvalue weighted by Gasteiger charge is -2.15. The van der Waals surface area contributed by atoms with E-state index in [0.717, 1.165) is 11.0 Å². The average Bonchev–Trinajstić information content (AvgIpc) is 3.19. The van der Waals surface area contributed by atoms with Crippen LogP contribution in [0, 0.1) is 5.82 Å². The van der Waals surface area contributed by atoms with Crippen LogP contribution in [0.25, 0.3) is 10.8 Å². The topological polar surface area (TPSA) is 82.1 Å². The Kier molecular flexibility index (Phi) is 11.3. The molecule has 1 heterocycles. The van der Waals surface area contributed by atoms with Crippen LogP contribution in [0.5, 0.6) is 11.5 Å². The van der Waals surface area contributed by atoms with Gasteiger partial charge in [0.25, 0.3) is 11.8 Å². The smallest absolute Gasteiger partial charge is 0.310 e. The summed E-state index contributed by atoms with van der Waals surface area (Å²) in [4.78, 5) is 39.7. The number of hydrogen-bond acceptors (Lipinski definition) is 6. The SMILES string of the molecule is CC.CC.CCOC(=O)Cc1ccc(N2C(=O)c3c(c(OCC)c4ccccc4c3OCC)C2=O)cc1F. The zero-order chi connectivity index (χ0) is 28.4. The maximum atomic E-state index is 14.8. The zero-order valence-corrected chi connectivity index (χ0v) is 23.1. The molecule has 0 unspecified atom stereocenters. The fourth-order valence-electron chi connectivity index (χ4n) is 4.11.